The van der Waals surface area contributed by atoms with Crippen molar-refractivity contribution >= 4 is 22.3 Å². The van der Waals surface area contributed by atoms with Crippen molar-refractivity contribution in [2.45, 2.75) is 0 Å². The van der Waals surface area contributed by atoms with Crippen LogP contribution in [0, 0.1) is 10.4 Å². The predicted molar refractivity (Wildman–Crippen MR) is 35.1 cm³/mol. The first-order chi connectivity index (χ1) is 6.79. The zero-order chi connectivity index (χ0) is 9.71. The van der Waals surface area contributed by atoms with E-state index in [1.165, 1.54) is 0 Å². The highest BCUT2D eigenvalue weighted by Crippen LogP contribution is 2.11. The maximum absolute atomic E-state index is 11.2. The van der Waals surface area contributed by atoms with Crippen LogP contribution in [0.15, 0.2) is 9.26 Å². The van der Waals surface area contributed by atoms with Gasteiger partial charge in [-0.05, 0) is 10.3 Å². The molecule has 0 fully saturated rings. The highest BCUT2D eigenvalue weighted by molar-refractivity contribution is 5.91. The van der Waals surface area contributed by atoms with Crippen LogP contribution in [0.5, 0.6) is 0 Å². The van der Waals surface area contributed by atoms with Gasteiger partial charge in [0.05, 0.1) is 0 Å². The molecule has 3 heterocycles. The Morgan fingerprint density at radius 2 is 1.21 bits per heavy atom. The third kappa shape index (κ3) is 0.608. The summed E-state index contributed by atoms with van der Waals surface area (Å²) < 4.78 is 8.59. The summed E-state index contributed by atoms with van der Waals surface area (Å²) in [6.45, 7) is 0. The number of nitrogens with zero attached hydrogens (tertiary/aromatic N) is 6. The Labute approximate surface area is 73.4 Å². The van der Waals surface area contributed by atoms with Crippen molar-refractivity contribution in [3.05, 3.63) is 10.4 Å². The van der Waals surface area contributed by atoms with Crippen molar-refractivity contribution in [2.24, 2.45) is 0 Å². The van der Waals surface area contributed by atoms with E-state index in [0.29, 0.717) is 0 Å². The van der Waals surface area contributed by atoms with Gasteiger partial charge in [0.2, 0.25) is 11.0 Å². The molecule has 0 aliphatic rings. The van der Waals surface area contributed by atoms with Gasteiger partial charge in [-0.15, -0.1) is 9.26 Å². The van der Waals surface area contributed by atoms with Crippen molar-refractivity contribution in [3.8, 4) is 0 Å². The van der Waals surface area contributed by atoms with Gasteiger partial charge < -0.3 is 10.4 Å². The average Bonchev–Trinajstić information content (AvgIpc) is 2.80. The summed E-state index contributed by atoms with van der Waals surface area (Å²) >= 11 is 0. The molecule has 0 aliphatic heterocycles. The van der Waals surface area contributed by atoms with Crippen LogP contribution < -0.4 is 9.69 Å². The highest BCUT2D eigenvalue weighted by atomic mass is 16.6. The second-order valence-electron chi connectivity index (χ2n) is 2.42. The molecule has 0 amide bonds. The van der Waals surface area contributed by atoms with E-state index in [1.54, 1.807) is 0 Å². The van der Waals surface area contributed by atoms with E-state index >= 15 is 0 Å². The molecule has 0 saturated heterocycles. The molecule has 0 aromatic carbocycles. The number of hydrogen-bond donors (Lipinski definition) is 0. The quantitative estimate of drug-likeness (QED) is 0.298. The minimum absolute atomic E-state index is 0.0309. The molecule has 0 spiro atoms. The molecule has 0 saturated carbocycles. The van der Waals surface area contributed by atoms with Crippen LogP contribution in [0.1, 0.15) is 0 Å². The molecule has 14 heavy (non-hydrogen) atoms. The summed E-state index contributed by atoms with van der Waals surface area (Å²) in [5.74, 6) is 0. The van der Waals surface area contributed by atoms with Crippen LogP contribution in [-0.2, 0) is 0 Å². The fourth-order valence-corrected chi connectivity index (χ4v) is 1.09. The summed E-state index contributed by atoms with van der Waals surface area (Å²) in [7, 11) is 0. The normalized spacial score (nSPS) is 11.4. The van der Waals surface area contributed by atoms with Gasteiger partial charge in [0.25, 0.3) is 0 Å². The Morgan fingerprint density at radius 1 is 0.786 bits per heavy atom. The standard InChI is InChI=1S/C4N6O4/c11-9-3-1(5-13-7-3)2-4(10(9)12)8-14-6-2. The van der Waals surface area contributed by atoms with Gasteiger partial charge in [0, 0.05) is 0 Å². The molecule has 0 N–H and O–H groups in total. The zero-order valence-electron chi connectivity index (χ0n) is 6.32. The van der Waals surface area contributed by atoms with E-state index in [1.807, 2.05) is 0 Å². The van der Waals surface area contributed by atoms with E-state index in [2.05, 4.69) is 29.9 Å². The first-order valence-corrected chi connectivity index (χ1v) is 3.39. The molecule has 0 radical (unpaired) electrons. The molecule has 10 heteroatoms. The van der Waals surface area contributed by atoms with Gasteiger partial charge in [-0.3, -0.25) is 0 Å². The molecule has 3 rings (SSSR count). The third-order valence-corrected chi connectivity index (χ3v) is 1.69. The van der Waals surface area contributed by atoms with Crippen LogP contribution in [0.2, 0.25) is 0 Å². The molecule has 3 aromatic heterocycles. The Bertz CT molecular complexity index is 572. The van der Waals surface area contributed by atoms with Crippen LogP contribution in [0.25, 0.3) is 22.3 Å². The van der Waals surface area contributed by atoms with Crippen molar-refractivity contribution in [3.63, 3.8) is 0 Å². The van der Waals surface area contributed by atoms with Crippen molar-refractivity contribution in [2.75, 3.05) is 0 Å². The SMILES string of the molecule is [O-][n+]1c2nonc2c2nonc2[n+]1[O-]. The zero-order valence-corrected chi connectivity index (χ0v) is 6.32. The van der Waals surface area contributed by atoms with E-state index in [9.17, 15) is 10.4 Å². The van der Waals surface area contributed by atoms with Gasteiger partial charge >= 0.3 is 11.3 Å². The van der Waals surface area contributed by atoms with Crippen molar-refractivity contribution in [1.82, 2.24) is 20.6 Å². The third-order valence-electron chi connectivity index (χ3n) is 1.69. The lowest BCUT2D eigenvalue weighted by Crippen LogP contribution is -2.61. The first-order valence-electron chi connectivity index (χ1n) is 3.39. The van der Waals surface area contributed by atoms with Crippen LogP contribution in [0.4, 0.5) is 0 Å². The van der Waals surface area contributed by atoms with E-state index in [-0.39, 0.29) is 32.0 Å². The second kappa shape index (κ2) is 2.04. The topological polar surface area (TPSA) is 132 Å². The van der Waals surface area contributed by atoms with Gasteiger partial charge in [0.15, 0.2) is 10.3 Å². The molecule has 3 aromatic rings. The lowest BCUT2D eigenvalue weighted by atomic mass is 10.4. The molecule has 10 nitrogen and oxygen atoms in total. The maximum atomic E-state index is 11.2. The molecular formula is C4N6O4. The average molecular weight is 196 g/mol. The van der Waals surface area contributed by atoms with E-state index in [4.69, 9.17) is 0 Å². The Kier molecular flexibility index (Phi) is 1.01. The Balaban J connectivity index is 2.73. The summed E-state index contributed by atoms with van der Waals surface area (Å²) in [5, 5.41) is 35.7. The fraction of sp³-hybridized carbons (Fsp3) is 0. The molecule has 0 atom stereocenters. The van der Waals surface area contributed by atoms with Gasteiger partial charge in [-0.2, -0.15) is 0 Å². The predicted octanol–water partition coefficient (Wildman–Crippen LogP) is -1.97. The number of fused-ring (bicyclic) bond motifs is 3. The van der Waals surface area contributed by atoms with Crippen LogP contribution in [-0.4, -0.2) is 20.6 Å². The second-order valence-corrected chi connectivity index (χ2v) is 2.42. The minimum Gasteiger partial charge on any atom is -0.675 e. The molecule has 70 valence electrons. The monoisotopic (exact) mass is 196 g/mol. The first kappa shape index (κ1) is 6.94. The number of aromatic nitrogens is 6. The van der Waals surface area contributed by atoms with Gasteiger partial charge in [0.1, 0.15) is 0 Å². The molecular weight excluding hydrogens is 196 g/mol. The lowest BCUT2D eigenvalue weighted by Gasteiger charge is -2.03. The number of rotatable bonds is 0. The summed E-state index contributed by atoms with van der Waals surface area (Å²) in [4.78, 5) is -0.114. The van der Waals surface area contributed by atoms with E-state index < -0.39 is 0 Å². The lowest BCUT2D eigenvalue weighted by molar-refractivity contribution is -1.17. The Hall–Kier alpha value is -2.52. The summed E-state index contributed by atoms with van der Waals surface area (Å²) in [6, 6.07) is 0. The largest absolute Gasteiger partial charge is 0.675 e. The highest BCUT2D eigenvalue weighted by Gasteiger charge is 2.28. The maximum Gasteiger partial charge on any atom is 0.444 e. The molecule has 0 bridgehead atoms. The van der Waals surface area contributed by atoms with Crippen molar-refractivity contribution < 1.29 is 18.9 Å². The minimum atomic E-state index is -0.275. The fourth-order valence-electron chi connectivity index (χ4n) is 1.09. The van der Waals surface area contributed by atoms with Gasteiger partial charge in [-0.25, -0.2) is 0 Å². The van der Waals surface area contributed by atoms with E-state index in [0.717, 1.165) is 0 Å². The number of hydrogen-bond acceptors (Lipinski definition) is 8. The Morgan fingerprint density at radius 3 is 1.64 bits per heavy atom. The van der Waals surface area contributed by atoms with Crippen molar-refractivity contribution in [1.29, 1.82) is 0 Å². The van der Waals surface area contributed by atoms with Crippen LogP contribution in [0.3, 0.4) is 0 Å². The smallest absolute Gasteiger partial charge is 0.444 e. The van der Waals surface area contributed by atoms with Gasteiger partial charge in [-0.1, -0.05) is 9.69 Å². The molecule has 0 unspecified atom stereocenters. The molecule has 0 aliphatic carbocycles. The summed E-state index contributed by atoms with van der Waals surface area (Å²) in [5.41, 5.74) is -0.488. The summed E-state index contributed by atoms with van der Waals surface area (Å²) in [6.07, 6.45) is 0. The van der Waals surface area contributed by atoms with Crippen LogP contribution >= 0.6 is 0 Å².